The number of nitrogens with one attached hydrogen (secondary N) is 2. The van der Waals surface area contributed by atoms with E-state index in [9.17, 15) is 9.59 Å². The molecule has 1 atom stereocenters. The van der Waals surface area contributed by atoms with Crippen LogP contribution >= 0.6 is 22.7 Å². The van der Waals surface area contributed by atoms with E-state index < -0.39 is 0 Å². The maximum atomic E-state index is 12.1. The summed E-state index contributed by atoms with van der Waals surface area (Å²) in [5, 5.41) is 10.1. The molecular formula is C19H19N3O2S2. The molecule has 0 bridgehead atoms. The third kappa shape index (κ3) is 5.00. The summed E-state index contributed by atoms with van der Waals surface area (Å²) in [5.74, 6) is -0.172. The van der Waals surface area contributed by atoms with E-state index in [1.807, 2.05) is 54.1 Å². The number of thiophene rings is 1. The zero-order chi connectivity index (χ0) is 18.4. The molecule has 7 heteroatoms. The average molecular weight is 386 g/mol. The molecule has 0 aliphatic heterocycles. The Labute approximate surface area is 160 Å². The van der Waals surface area contributed by atoms with Crippen LogP contribution in [0.1, 0.15) is 40.3 Å². The number of carbonyl (C=O) groups is 2. The summed E-state index contributed by atoms with van der Waals surface area (Å²) >= 11 is 2.75. The van der Waals surface area contributed by atoms with E-state index in [1.165, 1.54) is 22.7 Å². The van der Waals surface area contributed by atoms with Crippen molar-refractivity contribution in [2.75, 3.05) is 5.32 Å². The maximum absolute atomic E-state index is 12.1. The second kappa shape index (κ2) is 8.73. The van der Waals surface area contributed by atoms with Gasteiger partial charge in [0.2, 0.25) is 5.91 Å². The van der Waals surface area contributed by atoms with Crippen molar-refractivity contribution >= 4 is 39.6 Å². The van der Waals surface area contributed by atoms with E-state index in [0.717, 1.165) is 11.3 Å². The van der Waals surface area contributed by atoms with Gasteiger partial charge >= 0.3 is 0 Å². The van der Waals surface area contributed by atoms with Crippen molar-refractivity contribution in [3.05, 3.63) is 69.4 Å². The first-order valence-electron chi connectivity index (χ1n) is 8.25. The normalized spacial score (nSPS) is 11.7. The number of hydrogen-bond acceptors (Lipinski definition) is 5. The summed E-state index contributed by atoms with van der Waals surface area (Å²) in [4.78, 5) is 29.2. The number of anilines is 1. The fourth-order valence-electron chi connectivity index (χ4n) is 2.43. The Bertz CT molecular complexity index is 860. The lowest BCUT2D eigenvalue weighted by Gasteiger charge is -2.13. The number of nitrogens with zero attached hydrogens (tertiary/aromatic N) is 1. The highest BCUT2D eigenvalue weighted by Gasteiger charge is 2.12. The van der Waals surface area contributed by atoms with Crippen molar-refractivity contribution in [2.45, 2.75) is 25.8 Å². The molecule has 0 saturated heterocycles. The summed E-state index contributed by atoms with van der Waals surface area (Å²) in [6.07, 6.45) is 0.901. The van der Waals surface area contributed by atoms with Gasteiger partial charge in [0.15, 0.2) is 5.13 Å². The molecule has 2 N–H and O–H groups in total. The number of hydrogen-bond donors (Lipinski definition) is 2. The second-order valence-corrected chi connectivity index (χ2v) is 7.58. The van der Waals surface area contributed by atoms with Crippen LogP contribution in [0.5, 0.6) is 0 Å². The molecule has 3 aromatic rings. The number of carbonyl (C=O) groups excluding carboxylic acids is 2. The molecule has 5 nitrogen and oxygen atoms in total. The maximum Gasteiger partial charge on any atom is 0.267 e. The molecule has 0 spiro atoms. The predicted molar refractivity (Wildman–Crippen MR) is 106 cm³/mol. The quantitative estimate of drug-likeness (QED) is 0.638. The second-order valence-electron chi connectivity index (χ2n) is 5.78. The molecule has 0 aliphatic rings. The third-order valence-electron chi connectivity index (χ3n) is 3.80. The zero-order valence-corrected chi connectivity index (χ0v) is 15.9. The van der Waals surface area contributed by atoms with Crippen molar-refractivity contribution < 1.29 is 9.59 Å². The molecule has 2 amide bonds. The van der Waals surface area contributed by atoms with Gasteiger partial charge in [-0.15, -0.1) is 22.7 Å². The SMILES string of the molecule is CC(NC(=O)CCc1csc(NC(=O)c2cccs2)n1)c1ccccc1. The first kappa shape index (κ1) is 18.3. The van der Waals surface area contributed by atoms with Crippen LogP contribution in [-0.2, 0) is 11.2 Å². The standard InChI is InChI=1S/C19H19N3O2S2/c1-13(14-6-3-2-4-7-14)20-17(23)10-9-15-12-26-19(21-15)22-18(24)16-8-5-11-25-16/h2-8,11-13H,9-10H2,1H3,(H,20,23)(H,21,22,24). The van der Waals surface area contributed by atoms with E-state index in [0.29, 0.717) is 22.9 Å². The van der Waals surface area contributed by atoms with Crippen LogP contribution in [0.3, 0.4) is 0 Å². The highest BCUT2D eigenvalue weighted by atomic mass is 32.1. The van der Waals surface area contributed by atoms with E-state index >= 15 is 0 Å². The molecule has 0 saturated carbocycles. The van der Waals surface area contributed by atoms with Gasteiger partial charge < -0.3 is 5.32 Å². The van der Waals surface area contributed by atoms with E-state index in [1.54, 1.807) is 6.07 Å². The summed E-state index contributed by atoms with van der Waals surface area (Å²) in [5.41, 5.74) is 1.88. The Morgan fingerprint density at radius 3 is 2.65 bits per heavy atom. The fourth-order valence-corrected chi connectivity index (χ4v) is 3.78. The van der Waals surface area contributed by atoms with Gasteiger partial charge in [-0.25, -0.2) is 4.98 Å². The number of thiazole rings is 1. The van der Waals surface area contributed by atoms with Crippen molar-refractivity contribution in [3.63, 3.8) is 0 Å². The van der Waals surface area contributed by atoms with Gasteiger partial charge in [0.05, 0.1) is 16.6 Å². The Kier molecular flexibility index (Phi) is 6.14. The van der Waals surface area contributed by atoms with Gasteiger partial charge in [-0.3, -0.25) is 14.9 Å². The monoisotopic (exact) mass is 385 g/mol. The van der Waals surface area contributed by atoms with Crippen LogP contribution in [0.4, 0.5) is 5.13 Å². The fraction of sp³-hybridized carbons (Fsp3) is 0.211. The van der Waals surface area contributed by atoms with Crippen molar-refractivity contribution in [3.8, 4) is 0 Å². The summed E-state index contributed by atoms with van der Waals surface area (Å²) in [7, 11) is 0. The molecule has 0 fully saturated rings. The lowest BCUT2D eigenvalue weighted by molar-refractivity contribution is -0.121. The first-order valence-corrected chi connectivity index (χ1v) is 10.0. The molecule has 26 heavy (non-hydrogen) atoms. The van der Waals surface area contributed by atoms with Gasteiger partial charge in [0.1, 0.15) is 0 Å². The van der Waals surface area contributed by atoms with Crippen LogP contribution in [0.2, 0.25) is 0 Å². The lowest BCUT2D eigenvalue weighted by Crippen LogP contribution is -2.26. The Balaban J connectivity index is 1.47. The average Bonchev–Trinajstić information content (AvgIpc) is 3.33. The van der Waals surface area contributed by atoms with Crippen molar-refractivity contribution in [2.24, 2.45) is 0 Å². The summed E-state index contributed by atoms with van der Waals surface area (Å²) in [6, 6.07) is 13.4. The van der Waals surface area contributed by atoms with E-state index in [2.05, 4.69) is 15.6 Å². The first-order chi connectivity index (χ1) is 12.6. The minimum atomic E-state index is -0.157. The topological polar surface area (TPSA) is 71.1 Å². The smallest absolute Gasteiger partial charge is 0.267 e. The number of aromatic nitrogens is 1. The molecule has 1 aromatic carbocycles. The minimum Gasteiger partial charge on any atom is -0.350 e. The number of rotatable bonds is 7. The summed E-state index contributed by atoms with van der Waals surface area (Å²) in [6.45, 7) is 1.97. The molecular weight excluding hydrogens is 366 g/mol. The molecule has 3 rings (SSSR count). The van der Waals surface area contributed by atoms with E-state index in [4.69, 9.17) is 0 Å². The number of aryl methyl sites for hydroxylation is 1. The van der Waals surface area contributed by atoms with Crippen molar-refractivity contribution in [1.29, 1.82) is 0 Å². The molecule has 0 radical (unpaired) electrons. The predicted octanol–water partition coefficient (Wildman–Crippen LogP) is 4.27. The van der Waals surface area contributed by atoms with Crippen molar-refractivity contribution in [1.82, 2.24) is 10.3 Å². The highest BCUT2D eigenvalue weighted by molar-refractivity contribution is 7.14. The van der Waals surface area contributed by atoms with Gasteiger partial charge in [0.25, 0.3) is 5.91 Å². The van der Waals surface area contributed by atoms with Gasteiger partial charge in [-0.1, -0.05) is 36.4 Å². The van der Waals surface area contributed by atoms with Crippen LogP contribution in [0.25, 0.3) is 0 Å². The number of amides is 2. The number of benzene rings is 1. The van der Waals surface area contributed by atoms with Crippen LogP contribution in [-0.4, -0.2) is 16.8 Å². The van der Waals surface area contributed by atoms with Crippen LogP contribution < -0.4 is 10.6 Å². The molecule has 0 aliphatic carbocycles. The Morgan fingerprint density at radius 1 is 1.12 bits per heavy atom. The Hall–Kier alpha value is -2.51. The molecule has 2 heterocycles. The minimum absolute atomic E-state index is 0.0153. The van der Waals surface area contributed by atoms with Gasteiger partial charge in [-0.05, 0) is 30.4 Å². The van der Waals surface area contributed by atoms with Crippen LogP contribution in [0.15, 0.2) is 53.2 Å². The highest BCUT2D eigenvalue weighted by Crippen LogP contribution is 2.19. The third-order valence-corrected chi connectivity index (χ3v) is 5.48. The van der Waals surface area contributed by atoms with Gasteiger partial charge in [-0.2, -0.15) is 0 Å². The zero-order valence-electron chi connectivity index (χ0n) is 14.3. The van der Waals surface area contributed by atoms with E-state index in [-0.39, 0.29) is 17.9 Å². The van der Waals surface area contributed by atoms with Crippen LogP contribution in [0, 0.1) is 0 Å². The molecule has 134 valence electrons. The van der Waals surface area contributed by atoms with Gasteiger partial charge in [0, 0.05) is 11.8 Å². The molecule has 2 aromatic heterocycles. The largest absolute Gasteiger partial charge is 0.350 e. The summed E-state index contributed by atoms with van der Waals surface area (Å²) < 4.78 is 0. The molecule has 1 unspecified atom stereocenters. The lowest BCUT2D eigenvalue weighted by atomic mass is 10.1. The Morgan fingerprint density at radius 2 is 1.92 bits per heavy atom.